The first kappa shape index (κ1) is 6.77. The lowest BCUT2D eigenvalue weighted by Crippen LogP contribution is -2.40. The maximum Gasteiger partial charge on any atom is 0.188 e. The van der Waals surface area contributed by atoms with Crippen LogP contribution in [-0.4, -0.2) is 36.3 Å². The summed E-state index contributed by atoms with van der Waals surface area (Å²) in [6, 6.07) is 0. The Kier molecular flexibility index (Phi) is 2.24. The van der Waals surface area contributed by atoms with Crippen LogP contribution in [0.1, 0.15) is 0 Å². The standard InChI is InChI=1S/C5H9N2OS/c6-5(9)7-1-3-8-4-2-7/h6H,1-4H2. The highest BCUT2D eigenvalue weighted by atomic mass is 32.1. The maximum atomic E-state index is 7.07. The van der Waals surface area contributed by atoms with Crippen LogP contribution in [0, 0.1) is 0 Å². The van der Waals surface area contributed by atoms with E-state index in [0.717, 1.165) is 13.1 Å². The first-order valence-electron chi connectivity index (χ1n) is 2.89. The van der Waals surface area contributed by atoms with Crippen LogP contribution in [0.15, 0.2) is 0 Å². The van der Waals surface area contributed by atoms with Crippen LogP contribution >= 0.6 is 12.2 Å². The van der Waals surface area contributed by atoms with Gasteiger partial charge in [0.1, 0.15) is 0 Å². The Morgan fingerprint density at radius 3 is 2.33 bits per heavy atom. The molecule has 1 heterocycles. The molecular formula is C5H9N2OS. The van der Waals surface area contributed by atoms with Crippen LogP contribution < -0.4 is 5.73 Å². The van der Waals surface area contributed by atoms with Gasteiger partial charge in [-0.1, -0.05) is 0 Å². The van der Waals surface area contributed by atoms with E-state index in [1.54, 1.807) is 0 Å². The minimum atomic E-state index is 0.235. The Labute approximate surface area is 59.8 Å². The predicted molar refractivity (Wildman–Crippen MR) is 38.1 cm³/mol. The van der Waals surface area contributed by atoms with Crippen molar-refractivity contribution in [2.75, 3.05) is 26.3 Å². The number of nitrogens with one attached hydrogen (secondary N) is 1. The molecule has 1 saturated heterocycles. The van der Waals surface area contributed by atoms with E-state index in [-0.39, 0.29) is 5.11 Å². The summed E-state index contributed by atoms with van der Waals surface area (Å²) in [4.78, 5) is 1.83. The van der Waals surface area contributed by atoms with Gasteiger partial charge in [0, 0.05) is 13.1 Å². The quantitative estimate of drug-likeness (QED) is 0.446. The number of ether oxygens (including phenoxy) is 1. The van der Waals surface area contributed by atoms with Gasteiger partial charge in [0.15, 0.2) is 5.11 Å². The van der Waals surface area contributed by atoms with E-state index in [1.165, 1.54) is 0 Å². The number of hydrogen-bond donors (Lipinski definition) is 0. The Bertz CT molecular complexity index is 112. The van der Waals surface area contributed by atoms with Crippen molar-refractivity contribution < 1.29 is 4.74 Å². The monoisotopic (exact) mass is 145 g/mol. The second-order valence-electron chi connectivity index (χ2n) is 1.90. The Balaban J connectivity index is 2.31. The van der Waals surface area contributed by atoms with Gasteiger partial charge < -0.3 is 9.64 Å². The molecule has 1 radical (unpaired) electrons. The fraction of sp³-hybridized carbons (Fsp3) is 0.800. The van der Waals surface area contributed by atoms with Gasteiger partial charge in [-0.25, -0.2) is 0 Å². The fourth-order valence-electron chi connectivity index (χ4n) is 0.766. The van der Waals surface area contributed by atoms with Crippen molar-refractivity contribution in [3.05, 3.63) is 0 Å². The number of rotatable bonds is 0. The highest BCUT2D eigenvalue weighted by molar-refractivity contribution is 7.80. The van der Waals surface area contributed by atoms with Crippen LogP contribution in [-0.2, 0) is 4.74 Å². The molecule has 0 unspecified atom stereocenters. The summed E-state index contributed by atoms with van der Waals surface area (Å²) in [5.41, 5.74) is 7.07. The third kappa shape index (κ3) is 1.80. The molecule has 0 spiro atoms. The molecule has 0 aliphatic carbocycles. The highest BCUT2D eigenvalue weighted by Gasteiger charge is 2.10. The van der Waals surface area contributed by atoms with Gasteiger partial charge in [0.25, 0.3) is 0 Å². The van der Waals surface area contributed by atoms with Gasteiger partial charge in [-0.15, -0.1) is 0 Å². The lowest BCUT2D eigenvalue weighted by molar-refractivity contribution is 0.0684. The number of morpholine rings is 1. The van der Waals surface area contributed by atoms with E-state index >= 15 is 0 Å². The van der Waals surface area contributed by atoms with Crippen LogP contribution in [0.3, 0.4) is 0 Å². The fourth-order valence-corrected chi connectivity index (χ4v) is 0.949. The van der Waals surface area contributed by atoms with Gasteiger partial charge in [-0.05, 0) is 12.2 Å². The second-order valence-corrected chi connectivity index (χ2v) is 2.29. The average Bonchev–Trinajstić information content (AvgIpc) is 1.90. The van der Waals surface area contributed by atoms with Crippen molar-refractivity contribution in [1.29, 1.82) is 0 Å². The first-order chi connectivity index (χ1) is 4.30. The van der Waals surface area contributed by atoms with Gasteiger partial charge >= 0.3 is 0 Å². The van der Waals surface area contributed by atoms with Gasteiger partial charge in [0.05, 0.1) is 13.2 Å². The largest absolute Gasteiger partial charge is 0.378 e. The SMILES string of the molecule is [NH]C(=S)N1CCOCC1. The molecule has 1 aliphatic rings. The molecule has 51 valence electrons. The average molecular weight is 145 g/mol. The summed E-state index contributed by atoms with van der Waals surface area (Å²) in [6.07, 6.45) is 0. The molecule has 9 heavy (non-hydrogen) atoms. The zero-order chi connectivity index (χ0) is 6.69. The van der Waals surface area contributed by atoms with E-state index in [9.17, 15) is 0 Å². The number of nitrogens with zero attached hydrogens (tertiary/aromatic N) is 1. The molecule has 0 atom stereocenters. The normalized spacial score (nSPS) is 19.8. The molecule has 0 aromatic rings. The lowest BCUT2D eigenvalue weighted by atomic mass is 10.5. The van der Waals surface area contributed by atoms with E-state index in [2.05, 4.69) is 12.2 Å². The molecule has 0 aromatic carbocycles. The topological polar surface area (TPSA) is 36.3 Å². The van der Waals surface area contributed by atoms with Crippen molar-refractivity contribution in [3.8, 4) is 0 Å². The number of thiocarbonyl (C=S) groups is 1. The molecule has 1 aliphatic heterocycles. The van der Waals surface area contributed by atoms with Crippen molar-refractivity contribution in [2.45, 2.75) is 0 Å². The van der Waals surface area contributed by atoms with Crippen molar-refractivity contribution in [1.82, 2.24) is 10.6 Å². The maximum absolute atomic E-state index is 7.07. The third-order valence-electron chi connectivity index (χ3n) is 1.30. The van der Waals surface area contributed by atoms with Crippen molar-refractivity contribution >= 4 is 17.3 Å². The molecule has 3 nitrogen and oxygen atoms in total. The molecule has 1 rings (SSSR count). The molecular weight excluding hydrogens is 136 g/mol. The molecule has 0 amide bonds. The van der Waals surface area contributed by atoms with Crippen LogP contribution in [0.5, 0.6) is 0 Å². The van der Waals surface area contributed by atoms with Gasteiger partial charge in [0.2, 0.25) is 0 Å². The highest BCUT2D eigenvalue weighted by Crippen LogP contribution is 1.95. The minimum Gasteiger partial charge on any atom is -0.378 e. The molecule has 1 fully saturated rings. The minimum absolute atomic E-state index is 0.235. The Morgan fingerprint density at radius 2 is 2.00 bits per heavy atom. The summed E-state index contributed by atoms with van der Waals surface area (Å²) in [5.74, 6) is 0. The van der Waals surface area contributed by atoms with Crippen molar-refractivity contribution in [2.24, 2.45) is 0 Å². The second kappa shape index (κ2) is 2.98. The summed E-state index contributed by atoms with van der Waals surface area (Å²) >= 11 is 4.65. The zero-order valence-electron chi connectivity index (χ0n) is 5.09. The predicted octanol–water partition coefficient (Wildman–Crippen LogP) is -0.114. The number of hydrogen-bond acceptors (Lipinski definition) is 2. The molecule has 0 saturated carbocycles. The Morgan fingerprint density at radius 1 is 1.44 bits per heavy atom. The third-order valence-corrected chi connectivity index (χ3v) is 1.56. The zero-order valence-corrected chi connectivity index (χ0v) is 5.91. The van der Waals surface area contributed by atoms with E-state index < -0.39 is 0 Å². The van der Waals surface area contributed by atoms with Crippen LogP contribution in [0.25, 0.3) is 0 Å². The molecule has 4 heteroatoms. The summed E-state index contributed by atoms with van der Waals surface area (Å²) in [7, 11) is 0. The molecule has 0 aromatic heterocycles. The smallest absolute Gasteiger partial charge is 0.188 e. The summed E-state index contributed by atoms with van der Waals surface area (Å²) in [6.45, 7) is 2.97. The summed E-state index contributed by atoms with van der Waals surface area (Å²) < 4.78 is 5.07. The lowest BCUT2D eigenvalue weighted by Gasteiger charge is -2.26. The molecule has 0 bridgehead atoms. The van der Waals surface area contributed by atoms with Gasteiger partial charge in [-0.3, -0.25) is 5.73 Å². The van der Waals surface area contributed by atoms with Gasteiger partial charge in [-0.2, -0.15) is 0 Å². The molecule has 1 N–H and O–H groups in total. The van der Waals surface area contributed by atoms with E-state index in [4.69, 9.17) is 10.5 Å². The first-order valence-corrected chi connectivity index (χ1v) is 3.30. The summed E-state index contributed by atoms with van der Waals surface area (Å²) in [5, 5.41) is 0.235. The van der Waals surface area contributed by atoms with Crippen LogP contribution in [0.4, 0.5) is 0 Å². The van der Waals surface area contributed by atoms with E-state index in [1.807, 2.05) is 4.90 Å². The Hall–Kier alpha value is -0.350. The van der Waals surface area contributed by atoms with E-state index in [0.29, 0.717) is 13.2 Å². The van der Waals surface area contributed by atoms with Crippen molar-refractivity contribution in [3.63, 3.8) is 0 Å². The van der Waals surface area contributed by atoms with Crippen LogP contribution in [0.2, 0.25) is 0 Å².